The number of aromatic nitrogens is 2. The third-order valence-corrected chi connectivity index (χ3v) is 4.49. The van der Waals surface area contributed by atoms with Crippen LogP contribution >= 0.6 is 11.6 Å². The summed E-state index contributed by atoms with van der Waals surface area (Å²) in [5.74, 6) is -0.473. The molecule has 2 heterocycles. The van der Waals surface area contributed by atoms with Crippen LogP contribution in [0.1, 0.15) is 34.5 Å². The summed E-state index contributed by atoms with van der Waals surface area (Å²) in [7, 11) is 0. The number of halogens is 6. The minimum Gasteiger partial charge on any atom is -0.352 e. The summed E-state index contributed by atoms with van der Waals surface area (Å²) >= 11 is 5.91. The fourth-order valence-corrected chi connectivity index (χ4v) is 2.98. The lowest BCUT2D eigenvalue weighted by Gasteiger charge is -2.31. The van der Waals surface area contributed by atoms with Crippen molar-refractivity contribution < 1.29 is 22.0 Å². The number of alkyl halides is 5. The molecule has 3 rings (SSSR count). The van der Waals surface area contributed by atoms with E-state index in [9.17, 15) is 22.0 Å². The molecule has 0 atom stereocenters. The number of hydrogen-bond acceptors (Lipinski definition) is 3. The molecule has 3 nitrogen and oxygen atoms in total. The van der Waals surface area contributed by atoms with Crippen molar-refractivity contribution in [1.82, 2.24) is 9.97 Å². The van der Waals surface area contributed by atoms with Gasteiger partial charge in [-0.05, 0) is 36.6 Å². The van der Waals surface area contributed by atoms with Crippen LogP contribution in [0.4, 0.5) is 27.8 Å². The first-order chi connectivity index (χ1) is 11.7. The molecule has 2 aromatic rings. The van der Waals surface area contributed by atoms with E-state index < -0.39 is 24.0 Å². The minimum absolute atomic E-state index is 0.0878. The standard InChI is InChI=1S/C16H13ClF5N3/c1-8-12(17)23-14(13(18)19)24-15(8)25-5-4-9-2-3-11(16(20,21)22)6-10(9)7-25/h2-3,6,13H,4-5,7H2,1H3. The molecule has 1 aromatic carbocycles. The van der Waals surface area contributed by atoms with Gasteiger partial charge in [-0.3, -0.25) is 0 Å². The lowest BCUT2D eigenvalue weighted by atomic mass is 9.97. The Hall–Kier alpha value is -1.96. The topological polar surface area (TPSA) is 29.0 Å². The molecule has 0 saturated heterocycles. The largest absolute Gasteiger partial charge is 0.416 e. The van der Waals surface area contributed by atoms with Gasteiger partial charge < -0.3 is 4.90 Å². The Morgan fingerprint density at radius 1 is 1.16 bits per heavy atom. The van der Waals surface area contributed by atoms with Crippen molar-refractivity contribution in [2.45, 2.75) is 32.5 Å². The van der Waals surface area contributed by atoms with E-state index in [1.54, 1.807) is 11.8 Å². The Bertz CT molecular complexity index is 807. The zero-order valence-corrected chi connectivity index (χ0v) is 13.8. The Balaban J connectivity index is 1.98. The second-order valence-electron chi connectivity index (χ2n) is 5.77. The maximum Gasteiger partial charge on any atom is 0.416 e. The van der Waals surface area contributed by atoms with Gasteiger partial charge in [0.2, 0.25) is 0 Å². The predicted octanol–water partition coefficient (Wildman–Crippen LogP) is 4.96. The number of rotatable bonds is 2. The highest BCUT2D eigenvalue weighted by molar-refractivity contribution is 6.30. The van der Waals surface area contributed by atoms with Crippen molar-refractivity contribution in [3.63, 3.8) is 0 Å². The molecule has 0 aliphatic carbocycles. The van der Waals surface area contributed by atoms with Crippen LogP contribution < -0.4 is 4.90 Å². The van der Waals surface area contributed by atoms with Gasteiger partial charge in [-0.2, -0.15) is 13.2 Å². The molecule has 0 bridgehead atoms. The number of hydrogen-bond donors (Lipinski definition) is 0. The number of benzene rings is 1. The Morgan fingerprint density at radius 3 is 2.52 bits per heavy atom. The minimum atomic E-state index is -4.44. The van der Waals surface area contributed by atoms with Gasteiger partial charge in [0.05, 0.1) is 5.56 Å². The monoisotopic (exact) mass is 377 g/mol. The molecule has 9 heteroatoms. The van der Waals surface area contributed by atoms with Crippen LogP contribution in [0, 0.1) is 6.92 Å². The second kappa shape index (κ2) is 6.40. The fraction of sp³-hybridized carbons (Fsp3) is 0.375. The van der Waals surface area contributed by atoms with Crippen LogP contribution in [0.3, 0.4) is 0 Å². The van der Waals surface area contributed by atoms with Gasteiger partial charge in [0.25, 0.3) is 6.43 Å². The molecule has 0 saturated carbocycles. The summed E-state index contributed by atoms with van der Waals surface area (Å²) in [5.41, 5.74) is 0.977. The number of fused-ring (bicyclic) bond motifs is 1. The molecule has 1 aliphatic rings. The molecule has 1 aromatic heterocycles. The zero-order chi connectivity index (χ0) is 18.4. The average molecular weight is 378 g/mol. The van der Waals surface area contributed by atoms with Crippen LogP contribution in [0.2, 0.25) is 5.15 Å². The van der Waals surface area contributed by atoms with Crippen LogP contribution in [0.25, 0.3) is 0 Å². The first-order valence-corrected chi connectivity index (χ1v) is 7.80. The van der Waals surface area contributed by atoms with Crippen molar-refractivity contribution >= 4 is 17.4 Å². The molecular weight excluding hydrogens is 365 g/mol. The van der Waals surface area contributed by atoms with Crippen molar-refractivity contribution in [3.8, 4) is 0 Å². The third kappa shape index (κ3) is 3.53. The van der Waals surface area contributed by atoms with E-state index in [-0.39, 0.29) is 17.5 Å². The Labute approximate surface area is 145 Å². The van der Waals surface area contributed by atoms with Gasteiger partial charge in [-0.15, -0.1) is 0 Å². The quantitative estimate of drug-likeness (QED) is 0.547. The summed E-state index contributed by atoms with van der Waals surface area (Å²) < 4.78 is 64.5. The molecule has 0 amide bonds. The normalized spacial score (nSPS) is 14.8. The number of anilines is 1. The summed E-state index contributed by atoms with van der Waals surface area (Å²) in [6.07, 6.45) is -6.84. The molecule has 0 spiro atoms. The molecule has 0 radical (unpaired) electrons. The fourth-order valence-electron chi connectivity index (χ4n) is 2.81. The van der Waals surface area contributed by atoms with Gasteiger partial charge in [-0.1, -0.05) is 17.7 Å². The van der Waals surface area contributed by atoms with Gasteiger partial charge >= 0.3 is 6.18 Å². The van der Waals surface area contributed by atoms with Crippen LogP contribution in [-0.2, 0) is 19.1 Å². The summed E-state index contributed by atoms with van der Waals surface area (Å²) in [4.78, 5) is 9.06. The van der Waals surface area contributed by atoms with Crippen molar-refractivity contribution in [1.29, 1.82) is 0 Å². The van der Waals surface area contributed by atoms with E-state index in [1.807, 2.05) is 0 Å². The zero-order valence-electron chi connectivity index (χ0n) is 13.0. The SMILES string of the molecule is Cc1c(Cl)nc(C(F)F)nc1N1CCc2ccc(C(F)(F)F)cc2C1. The molecule has 0 fully saturated rings. The van der Waals surface area contributed by atoms with E-state index in [0.717, 1.165) is 17.7 Å². The summed E-state index contributed by atoms with van der Waals surface area (Å²) in [6.45, 7) is 2.17. The highest BCUT2D eigenvalue weighted by Gasteiger charge is 2.32. The number of nitrogens with zero attached hydrogens (tertiary/aromatic N) is 3. The lowest BCUT2D eigenvalue weighted by Crippen LogP contribution is -2.32. The highest BCUT2D eigenvalue weighted by Crippen LogP contribution is 2.34. The van der Waals surface area contributed by atoms with E-state index in [1.165, 1.54) is 6.07 Å². The van der Waals surface area contributed by atoms with E-state index in [4.69, 9.17) is 11.6 Å². The second-order valence-corrected chi connectivity index (χ2v) is 6.13. The predicted molar refractivity (Wildman–Crippen MR) is 82.9 cm³/mol. The van der Waals surface area contributed by atoms with Crippen LogP contribution in [0.15, 0.2) is 18.2 Å². The van der Waals surface area contributed by atoms with Crippen LogP contribution in [-0.4, -0.2) is 16.5 Å². The third-order valence-electron chi connectivity index (χ3n) is 4.12. The van der Waals surface area contributed by atoms with Crippen molar-refractivity contribution in [2.24, 2.45) is 0 Å². The van der Waals surface area contributed by atoms with Gasteiger partial charge in [0.15, 0.2) is 5.82 Å². The first kappa shape index (κ1) is 17.8. The highest BCUT2D eigenvalue weighted by atomic mass is 35.5. The lowest BCUT2D eigenvalue weighted by molar-refractivity contribution is -0.137. The first-order valence-electron chi connectivity index (χ1n) is 7.43. The molecule has 1 aliphatic heterocycles. The molecular formula is C16H13ClF5N3. The van der Waals surface area contributed by atoms with Crippen molar-refractivity contribution in [2.75, 3.05) is 11.4 Å². The summed E-state index contributed by atoms with van der Waals surface area (Å²) in [5, 5.41) is -0.0878. The molecule has 134 valence electrons. The van der Waals surface area contributed by atoms with E-state index in [2.05, 4.69) is 9.97 Å². The van der Waals surface area contributed by atoms with Crippen LogP contribution in [0.5, 0.6) is 0 Å². The average Bonchev–Trinajstić information content (AvgIpc) is 2.55. The van der Waals surface area contributed by atoms with Gasteiger partial charge in [0, 0.05) is 18.7 Å². The maximum atomic E-state index is 12.9. The van der Waals surface area contributed by atoms with Gasteiger partial charge in [0.1, 0.15) is 11.0 Å². The molecule has 0 N–H and O–H groups in total. The smallest absolute Gasteiger partial charge is 0.352 e. The van der Waals surface area contributed by atoms with E-state index >= 15 is 0 Å². The molecule has 0 unspecified atom stereocenters. The Morgan fingerprint density at radius 2 is 1.88 bits per heavy atom. The van der Waals surface area contributed by atoms with E-state index in [0.29, 0.717) is 24.1 Å². The van der Waals surface area contributed by atoms with Gasteiger partial charge in [-0.25, -0.2) is 18.7 Å². The molecule has 25 heavy (non-hydrogen) atoms. The van der Waals surface area contributed by atoms with Crippen molar-refractivity contribution in [3.05, 3.63) is 51.4 Å². The Kier molecular flexibility index (Phi) is 4.57. The maximum absolute atomic E-state index is 12.9. The summed E-state index contributed by atoms with van der Waals surface area (Å²) in [6, 6.07) is 3.60.